The highest BCUT2D eigenvalue weighted by atomic mass is 32.1. The minimum atomic E-state index is 0.910. The van der Waals surface area contributed by atoms with Gasteiger partial charge in [0.25, 0.3) is 0 Å². The SMILES string of the molecule is c1ccc(-c2ccc(N(c3ccc(-c4cccc5c4sc4ccccc45)cc3)c3ccc4ccc5c6ccccc6oc5c4c3)cc2)cc1. The van der Waals surface area contributed by atoms with Crippen LogP contribution in [0.25, 0.3) is 75.1 Å². The Bertz CT molecular complexity index is 2810. The maximum absolute atomic E-state index is 6.48. The van der Waals surface area contributed by atoms with Gasteiger partial charge in [-0.05, 0) is 82.2 Å². The lowest BCUT2D eigenvalue weighted by atomic mass is 10.0. The Morgan fingerprint density at radius 2 is 1.04 bits per heavy atom. The molecule has 2 heterocycles. The van der Waals surface area contributed by atoms with Gasteiger partial charge in [-0.25, -0.2) is 0 Å². The fourth-order valence-electron chi connectivity index (χ4n) is 7.27. The van der Waals surface area contributed by atoms with Gasteiger partial charge in [0, 0.05) is 53.4 Å². The molecular weight excluding hydrogens is 615 g/mol. The molecule has 230 valence electrons. The molecule has 0 aliphatic carbocycles. The maximum atomic E-state index is 6.48. The standard InChI is InChI=1S/C46H29NOS/c1-2-9-30(10-3-1)31-17-23-34(24-18-31)47(36-27-21-33-22-28-40-38-11-4-6-15-43(38)48-45(40)42(33)29-36)35-25-19-32(20-26-35)37-13-8-14-41-39-12-5-7-16-44(39)49-46(37)41/h1-29H. The summed E-state index contributed by atoms with van der Waals surface area (Å²) < 4.78 is 9.13. The van der Waals surface area contributed by atoms with E-state index in [1.807, 2.05) is 23.5 Å². The van der Waals surface area contributed by atoms with E-state index in [-0.39, 0.29) is 0 Å². The average Bonchev–Trinajstić information content (AvgIpc) is 3.75. The van der Waals surface area contributed by atoms with Crippen molar-refractivity contribution in [2.24, 2.45) is 0 Å². The number of para-hydroxylation sites is 1. The van der Waals surface area contributed by atoms with E-state index in [0.29, 0.717) is 0 Å². The van der Waals surface area contributed by atoms with E-state index in [9.17, 15) is 0 Å². The van der Waals surface area contributed by atoms with Crippen LogP contribution in [0.4, 0.5) is 17.1 Å². The van der Waals surface area contributed by atoms with Crippen LogP contribution in [-0.2, 0) is 0 Å². The van der Waals surface area contributed by atoms with Crippen molar-refractivity contribution in [2.45, 2.75) is 0 Å². The third-order valence-electron chi connectivity index (χ3n) is 9.68. The van der Waals surface area contributed by atoms with Crippen LogP contribution in [0, 0.1) is 0 Å². The fraction of sp³-hybridized carbons (Fsp3) is 0. The van der Waals surface area contributed by atoms with Gasteiger partial charge in [-0.3, -0.25) is 0 Å². The predicted octanol–water partition coefficient (Wildman–Crippen LogP) is 13.9. The summed E-state index contributed by atoms with van der Waals surface area (Å²) in [4.78, 5) is 2.35. The van der Waals surface area contributed by atoms with E-state index in [1.54, 1.807) is 0 Å². The molecule has 0 fully saturated rings. The summed E-state index contributed by atoms with van der Waals surface area (Å²) in [5.74, 6) is 0. The molecule has 0 amide bonds. The Labute approximate surface area is 287 Å². The average molecular weight is 644 g/mol. The van der Waals surface area contributed by atoms with Crippen molar-refractivity contribution in [3.8, 4) is 22.3 Å². The molecule has 2 aromatic heterocycles. The summed E-state index contributed by atoms with van der Waals surface area (Å²) in [6.45, 7) is 0. The van der Waals surface area contributed by atoms with Gasteiger partial charge in [-0.1, -0.05) is 121 Å². The second-order valence-corrected chi connectivity index (χ2v) is 13.6. The number of rotatable bonds is 5. The Morgan fingerprint density at radius 1 is 0.408 bits per heavy atom. The third kappa shape index (κ3) is 4.62. The Balaban J connectivity index is 1.12. The van der Waals surface area contributed by atoms with Crippen LogP contribution < -0.4 is 4.90 Å². The molecule has 0 saturated heterocycles. The van der Waals surface area contributed by atoms with Crippen LogP contribution in [0.15, 0.2) is 180 Å². The molecule has 2 nitrogen and oxygen atoms in total. The molecule has 10 rings (SSSR count). The highest BCUT2D eigenvalue weighted by Gasteiger charge is 2.17. The van der Waals surface area contributed by atoms with Gasteiger partial charge < -0.3 is 9.32 Å². The van der Waals surface area contributed by atoms with Crippen LogP contribution in [-0.4, -0.2) is 0 Å². The third-order valence-corrected chi connectivity index (χ3v) is 10.9. The minimum absolute atomic E-state index is 0.910. The van der Waals surface area contributed by atoms with Gasteiger partial charge in [0.2, 0.25) is 0 Å². The molecule has 0 radical (unpaired) electrons. The van der Waals surface area contributed by atoms with Crippen molar-refractivity contribution >= 4 is 81.3 Å². The van der Waals surface area contributed by atoms with Crippen molar-refractivity contribution < 1.29 is 4.42 Å². The lowest BCUT2D eigenvalue weighted by Crippen LogP contribution is -2.09. The number of furan rings is 1. The second-order valence-electron chi connectivity index (χ2n) is 12.5. The summed E-state index contributed by atoms with van der Waals surface area (Å²) in [5.41, 5.74) is 9.97. The van der Waals surface area contributed by atoms with Gasteiger partial charge >= 0.3 is 0 Å². The van der Waals surface area contributed by atoms with Crippen LogP contribution in [0.1, 0.15) is 0 Å². The van der Waals surface area contributed by atoms with Crippen molar-refractivity contribution in [3.63, 3.8) is 0 Å². The van der Waals surface area contributed by atoms with Crippen molar-refractivity contribution in [3.05, 3.63) is 176 Å². The maximum Gasteiger partial charge on any atom is 0.143 e. The summed E-state index contributed by atoms with van der Waals surface area (Å²) in [6.07, 6.45) is 0. The molecule has 0 saturated carbocycles. The van der Waals surface area contributed by atoms with E-state index in [1.165, 1.54) is 42.4 Å². The van der Waals surface area contributed by atoms with Gasteiger partial charge in [-0.15, -0.1) is 11.3 Å². The molecule has 0 aliphatic rings. The summed E-state index contributed by atoms with van der Waals surface area (Å²) in [7, 11) is 0. The van der Waals surface area contributed by atoms with E-state index < -0.39 is 0 Å². The minimum Gasteiger partial charge on any atom is -0.455 e. The van der Waals surface area contributed by atoms with Crippen molar-refractivity contribution in [1.82, 2.24) is 0 Å². The molecule has 0 spiro atoms. The Hall–Kier alpha value is -6.16. The van der Waals surface area contributed by atoms with Gasteiger partial charge in [0.05, 0.1) is 0 Å². The lowest BCUT2D eigenvalue weighted by Gasteiger charge is -2.26. The normalized spacial score (nSPS) is 11.7. The molecule has 8 aromatic carbocycles. The van der Waals surface area contributed by atoms with Crippen LogP contribution in [0.3, 0.4) is 0 Å². The number of hydrogen-bond acceptors (Lipinski definition) is 3. The molecule has 10 aromatic rings. The van der Waals surface area contributed by atoms with Gasteiger partial charge in [-0.2, -0.15) is 0 Å². The number of anilines is 3. The molecule has 0 atom stereocenters. The smallest absolute Gasteiger partial charge is 0.143 e. The number of benzene rings is 8. The topological polar surface area (TPSA) is 16.4 Å². The molecule has 0 N–H and O–H groups in total. The molecule has 0 aliphatic heterocycles. The zero-order valence-electron chi connectivity index (χ0n) is 26.5. The van der Waals surface area contributed by atoms with Crippen LogP contribution in [0.2, 0.25) is 0 Å². The quantitative estimate of drug-likeness (QED) is 0.186. The second kappa shape index (κ2) is 11.2. The Morgan fingerprint density at radius 3 is 1.86 bits per heavy atom. The number of nitrogens with zero attached hydrogens (tertiary/aromatic N) is 1. The van der Waals surface area contributed by atoms with Crippen LogP contribution in [0.5, 0.6) is 0 Å². The van der Waals surface area contributed by atoms with E-state index in [0.717, 1.165) is 49.8 Å². The predicted molar refractivity (Wildman–Crippen MR) is 210 cm³/mol. The lowest BCUT2D eigenvalue weighted by molar-refractivity contribution is 0.672. The first-order valence-electron chi connectivity index (χ1n) is 16.6. The summed E-state index contributed by atoms with van der Waals surface area (Å²) >= 11 is 1.87. The molecular formula is C46H29NOS. The van der Waals surface area contributed by atoms with Crippen LogP contribution >= 0.6 is 11.3 Å². The largest absolute Gasteiger partial charge is 0.455 e. The zero-order chi connectivity index (χ0) is 32.3. The molecule has 3 heteroatoms. The fourth-order valence-corrected chi connectivity index (χ4v) is 8.51. The Kier molecular flexibility index (Phi) is 6.39. The van der Waals surface area contributed by atoms with Crippen molar-refractivity contribution in [1.29, 1.82) is 0 Å². The molecule has 0 unspecified atom stereocenters. The number of fused-ring (bicyclic) bond motifs is 8. The first-order valence-corrected chi connectivity index (χ1v) is 17.4. The first kappa shape index (κ1) is 27.9. The van der Waals surface area contributed by atoms with Crippen molar-refractivity contribution in [2.75, 3.05) is 4.90 Å². The summed E-state index contributed by atoms with van der Waals surface area (Å²) in [5, 5.41) is 7.17. The highest BCUT2D eigenvalue weighted by Crippen LogP contribution is 2.43. The van der Waals surface area contributed by atoms with Gasteiger partial charge in [0.1, 0.15) is 11.2 Å². The number of hydrogen-bond donors (Lipinski definition) is 0. The van der Waals surface area contributed by atoms with E-state index in [2.05, 4.69) is 169 Å². The first-order chi connectivity index (χ1) is 24.3. The highest BCUT2D eigenvalue weighted by molar-refractivity contribution is 7.26. The number of thiophene rings is 1. The van der Waals surface area contributed by atoms with E-state index in [4.69, 9.17) is 4.42 Å². The zero-order valence-corrected chi connectivity index (χ0v) is 27.3. The summed E-state index contributed by atoms with van der Waals surface area (Å²) in [6, 6.07) is 63.2. The molecule has 49 heavy (non-hydrogen) atoms. The molecule has 0 bridgehead atoms. The van der Waals surface area contributed by atoms with E-state index >= 15 is 0 Å². The monoisotopic (exact) mass is 643 g/mol. The van der Waals surface area contributed by atoms with Gasteiger partial charge in [0.15, 0.2) is 0 Å².